The van der Waals surface area contributed by atoms with Gasteiger partial charge in [0.15, 0.2) is 0 Å². The molecule has 1 heterocycles. The summed E-state index contributed by atoms with van der Waals surface area (Å²) in [6.07, 6.45) is 16.3. The van der Waals surface area contributed by atoms with Crippen LogP contribution in [0.3, 0.4) is 0 Å². The number of ether oxygens (including phenoxy) is 1. The van der Waals surface area contributed by atoms with Crippen molar-refractivity contribution >= 4 is 0 Å². The molecule has 1 fully saturated rings. The van der Waals surface area contributed by atoms with Crippen molar-refractivity contribution in [2.75, 3.05) is 39.4 Å². The van der Waals surface area contributed by atoms with Crippen LogP contribution in [-0.4, -0.2) is 43.9 Å². The Morgan fingerprint density at radius 3 is 1.90 bits per heavy atom. The van der Waals surface area contributed by atoms with Crippen LogP contribution < -0.4 is 0 Å². The highest BCUT2D eigenvalue weighted by Gasteiger charge is 2.28. The molecule has 0 amide bonds. The Morgan fingerprint density at radius 1 is 0.857 bits per heavy atom. The highest BCUT2D eigenvalue weighted by atomic mass is 16.5. The van der Waals surface area contributed by atoms with E-state index < -0.39 is 0 Å². The molecule has 0 spiro atoms. The van der Waals surface area contributed by atoms with Gasteiger partial charge in [-0.15, -0.1) is 0 Å². The number of quaternary nitrogens is 1. The Hall–Kier alpha value is -0.340. The van der Waals surface area contributed by atoms with Crippen LogP contribution in [0.5, 0.6) is 0 Å². The third-order valence-corrected chi connectivity index (χ3v) is 4.92. The molecule has 124 valence electrons. The minimum Gasteiger partial charge on any atom is -0.370 e. The second-order valence-electron chi connectivity index (χ2n) is 6.78. The standard InChI is InChI=1S/C19H38NO/c1-3-5-6-7-8-9-10-11-12-13-15-20(14-4-2)16-18-21-19-17-20/h4H,2-3,5-19H2,1H3/q+1. The van der Waals surface area contributed by atoms with Gasteiger partial charge in [0.1, 0.15) is 13.1 Å². The Kier molecular flexibility index (Phi) is 10.9. The van der Waals surface area contributed by atoms with Crippen molar-refractivity contribution in [3.8, 4) is 0 Å². The molecule has 1 aliphatic heterocycles. The summed E-state index contributed by atoms with van der Waals surface area (Å²) in [5, 5.41) is 0. The average molecular weight is 297 g/mol. The van der Waals surface area contributed by atoms with Crippen molar-refractivity contribution in [1.29, 1.82) is 0 Å². The van der Waals surface area contributed by atoms with Crippen LogP contribution in [0.4, 0.5) is 0 Å². The molecule has 0 aliphatic carbocycles. The van der Waals surface area contributed by atoms with Gasteiger partial charge in [-0.25, -0.2) is 0 Å². The first-order chi connectivity index (χ1) is 10.3. The summed E-state index contributed by atoms with van der Waals surface area (Å²) >= 11 is 0. The average Bonchev–Trinajstić information content (AvgIpc) is 2.50. The summed E-state index contributed by atoms with van der Waals surface area (Å²) < 4.78 is 6.74. The maximum Gasteiger partial charge on any atom is 0.103 e. The summed E-state index contributed by atoms with van der Waals surface area (Å²) in [6, 6.07) is 0. The molecule has 2 heteroatoms. The van der Waals surface area contributed by atoms with E-state index in [-0.39, 0.29) is 0 Å². The van der Waals surface area contributed by atoms with E-state index in [1.807, 2.05) is 0 Å². The number of unbranched alkanes of at least 4 members (excludes halogenated alkanes) is 9. The van der Waals surface area contributed by atoms with Gasteiger partial charge >= 0.3 is 0 Å². The van der Waals surface area contributed by atoms with Crippen LogP contribution in [0.15, 0.2) is 12.7 Å². The SMILES string of the molecule is C=CC[N+]1(CCCCCCCCCCCC)CCOCC1. The van der Waals surface area contributed by atoms with Gasteiger partial charge in [-0.05, 0) is 18.9 Å². The Morgan fingerprint density at radius 2 is 1.38 bits per heavy atom. The van der Waals surface area contributed by atoms with E-state index in [0.29, 0.717) is 0 Å². The number of morpholine rings is 1. The molecule has 0 bridgehead atoms. The van der Waals surface area contributed by atoms with E-state index in [0.717, 1.165) is 19.8 Å². The monoisotopic (exact) mass is 296 g/mol. The second kappa shape index (κ2) is 12.2. The maximum atomic E-state index is 5.52. The largest absolute Gasteiger partial charge is 0.370 e. The molecule has 0 aromatic carbocycles. The summed E-state index contributed by atoms with van der Waals surface area (Å²) in [5.74, 6) is 0. The fraction of sp³-hybridized carbons (Fsp3) is 0.895. The Labute approximate surface area is 133 Å². The zero-order valence-electron chi connectivity index (χ0n) is 14.5. The lowest BCUT2D eigenvalue weighted by Gasteiger charge is -2.40. The van der Waals surface area contributed by atoms with Gasteiger partial charge in [0, 0.05) is 0 Å². The van der Waals surface area contributed by atoms with Crippen molar-refractivity contribution in [2.45, 2.75) is 71.1 Å². The summed E-state index contributed by atoms with van der Waals surface area (Å²) in [6.45, 7) is 12.9. The molecule has 0 saturated carbocycles. The van der Waals surface area contributed by atoms with Crippen LogP contribution in [-0.2, 0) is 4.74 Å². The van der Waals surface area contributed by atoms with Crippen LogP contribution in [0.1, 0.15) is 71.1 Å². The summed E-state index contributed by atoms with van der Waals surface area (Å²) in [5.41, 5.74) is 0. The normalized spacial score (nSPS) is 17.8. The molecular weight excluding hydrogens is 258 g/mol. The molecule has 2 nitrogen and oxygen atoms in total. The molecule has 1 aliphatic rings. The molecule has 1 rings (SSSR count). The number of hydrogen-bond donors (Lipinski definition) is 0. The first kappa shape index (κ1) is 18.7. The van der Waals surface area contributed by atoms with Crippen molar-refractivity contribution < 1.29 is 9.22 Å². The van der Waals surface area contributed by atoms with Gasteiger partial charge in [-0.3, -0.25) is 0 Å². The van der Waals surface area contributed by atoms with Gasteiger partial charge in [-0.2, -0.15) is 0 Å². The lowest BCUT2D eigenvalue weighted by atomic mass is 10.1. The summed E-state index contributed by atoms with van der Waals surface area (Å²) in [4.78, 5) is 0. The molecule has 0 N–H and O–H groups in total. The lowest BCUT2D eigenvalue weighted by Crippen LogP contribution is -2.55. The van der Waals surface area contributed by atoms with Gasteiger partial charge < -0.3 is 9.22 Å². The number of rotatable bonds is 13. The molecule has 0 radical (unpaired) electrons. The first-order valence-corrected chi connectivity index (χ1v) is 9.37. The molecular formula is C19H38NO+. The molecule has 0 unspecified atom stereocenters. The molecule has 21 heavy (non-hydrogen) atoms. The van der Waals surface area contributed by atoms with Gasteiger partial charge in [0.05, 0.1) is 26.3 Å². The van der Waals surface area contributed by atoms with E-state index in [2.05, 4.69) is 19.6 Å². The van der Waals surface area contributed by atoms with E-state index >= 15 is 0 Å². The van der Waals surface area contributed by atoms with E-state index in [4.69, 9.17) is 4.74 Å². The van der Waals surface area contributed by atoms with E-state index in [1.54, 1.807) is 0 Å². The molecule has 1 saturated heterocycles. The number of hydrogen-bond acceptors (Lipinski definition) is 1. The van der Waals surface area contributed by atoms with Crippen molar-refractivity contribution in [2.24, 2.45) is 0 Å². The Balaban J connectivity index is 1.98. The predicted molar refractivity (Wildman–Crippen MR) is 92.6 cm³/mol. The summed E-state index contributed by atoms with van der Waals surface area (Å²) in [7, 11) is 0. The van der Waals surface area contributed by atoms with Gasteiger partial charge in [0.2, 0.25) is 0 Å². The second-order valence-corrected chi connectivity index (χ2v) is 6.78. The van der Waals surface area contributed by atoms with E-state index in [9.17, 15) is 0 Å². The van der Waals surface area contributed by atoms with Crippen LogP contribution in [0, 0.1) is 0 Å². The van der Waals surface area contributed by atoms with Gasteiger partial charge in [-0.1, -0.05) is 64.9 Å². The zero-order chi connectivity index (χ0) is 15.2. The first-order valence-electron chi connectivity index (χ1n) is 9.37. The highest BCUT2D eigenvalue weighted by Crippen LogP contribution is 2.16. The third-order valence-electron chi connectivity index (χ3n) is 4.92. The van der Waals surface area contributed by atoms with Crippen LogP contribution >= 0.6 is 0 Å². The molecule has 0 aromatic rings. The molecule has 0 atom stereocenters. The fourth-order valence-electron chi connectivity index (χ4n) is 3.44. The Bertz CT molecular complexity index is 246. The van der Waals surface area contributed by atoms with Crippen molar-refractivity contribution in [1.82, 2.24) is 0 Å². The quantitative estimate of drug-likeness (QED) is 0.266. The predicted octanol–water partition coefficient (Wildman–Crippen LogP) is 4.94. The van der Waals surface area contributed by atoms with Crippen LogP contribution in [0.25, 0.3) is 0 Å². The lowest BCUT2D eigenvalue weighted by molar-refractivity contribution is -0.930. The van der Waals surface area contributed by atoms with Crippen molar-refractivity contribution in [3.63, 3.8) is 0 Å². The minimum atomic E-state index is 0.936. The van der Waals surface area contributed by atoms with Crippen molar-refractivity contribution in [3.05, 3.63) is 12.7 Å². The maximum absolute atomic E-state index is 5.52. The number of nitrogens with zero attached hydrogens (tertiary/aromatic N) is 1. The van der Waals surface area contributed by atoms with Gasteiger partial charge in [0.25, 0.3) is 0 Å². The third kappa shape index (κ3) is 8.63. The van der Waals surface area contributed by atoms with Crippen LogP contribution in [0.2, 0.25) is 0 Å². The fourth-order valence-corrected chi connectivity index (χ4v) is 3.44. The highest BCUT2D eigenvalue weighted by molar-refractivity contribution is 4.67. The minimum absolute atomic E-state index is 0.936. The molecule has 0 aromatic heterocycles. The smallest absolute Gasteiger partial charge is 0.103 e. The zero-order valence-corrected chi connectivity index (χ0v) is 14.5. The topological polar surface area (TPSA) is 9.23 Å². The van der Waals surface area contributed by atoms with E-state index in [1.165, 1.54) is 88.3 Å².